The zero-order valence-electron chi connectivity index (χ0n) is 17.0. The summed E-state index contributed by atoms with van der Waals surface area (Å²) in [5.74, 6) is 0.281. The van der Waals surface area contributed by atoms with Gasteiger partial charge in [-0.1, -0.05) is 42.5 Å². The van der Waals surface area contributed by atoms with Crippen molar-refractivity contribution in [2.45, 2.75) is 32.7 Å². The van der Waals surface area contributed by atoms with E-state index in [9.17, 15) is 4.79 Å². The van der Waals surface area contributed by atoms with Crippen molar-refractivity contribution in [2.24, 2.45) is 0 Å². The van der Waals surface area contributed by atoms with Crippen LogP contribution in [0.5, 0.6) is 0 Å². The topological polar surface area (TPSA) is 32.3 Å². The van der Waals surface area contributed by atoms with Crippen molar-refractivity contribution in [2.75, 3.05) is 23.3 Å². The highest BCUT2D eigenvalue weighted by atomic mass is 16.1. The molecule has 0 fully saturated rings. The minimum Gasteiger partial charge on any atom is -0.373 e. The summed E-state index contributed by atoms with van der Waals surface area (Å²) in [6, 6.07) is 21.4. The van der Waals surface area contributed by atoms with E-state index in [0.29, 0.717) is 6.42 Å². The molecule has 3 aromatic rings. The van der Waals surface area contributed by atoms with Gasteiger partial charge in [0, 0.05) is 42.0 Å². The molecule has 3 aromatic carbocycles. The van der Waals surface area contributed by atoms with Crippen molar-refractivity contribution in [1.82, 2.24) is 0 Å². The summed E-state index contributed by atoms with van der Waals surface area (Å²) in [5, 5.41) is 6.15. The predicted molar refractivity (Wildman–Crippen MR) is 121 cm³/mol. The van der Waals surface area contributed by atoms with Gasteiger partial charge in [0.15, 0.2) is 5.78 Å². The van der Waals surface area contributed by atoms with Gasteiger partial charge in [0.05, 0.1) is 6.04 Å². The largest absolute Gasteiger partial charge is 0.373 e. The van der Waals surface area contributed by atoms with Gasteiger partial charge < -0.3 is 10.2 Å². The van der Waals surface area contributed by atoms with E-state index in [0.717, 1.165) is 36.3 Å². The molecule has 0 saturated carbocycles. The number of allylic oxidation sites excluding steroid dienone is 1. The number of fused-ring (bicyclic) bond motifs is 4. The van der Waals surface area contributed by atoms with Crippen LogP contribution in [0.2, 0.25) is 0 Å². The Morgan fingerprint density at radius 1 is 0.931 bits per heavy atom. The monoisotopic (exact) mass is 382 g/mol. The first-order valence-electron chi connectivity index (χ1n) is 10.6. The maximum atomic E-state index is 12.9. The second kappa shape index (κ2) is 7.07. The summed E-state index contributed by atoms with van der Waals surface area (Å²) in [7, 11) is 0. The molecule has 146 valence electrons. The molecule has 0 amide bonds. The molecule has 0 saturated heterocycles. The first kappa shape index (κ1) is 18.0. The van der Waals surface area contributed by atoms with E-state index in [1.165, 1.54) is 27.6 Å². The molecule has 1 aliphatic heterocycles. The average molecular weight is 383 g/mol. The second-order valence-electron chi connectivity index (χ2n) is 7.87. The third-order valence-corrected chi connectivity index (χ3v) is 6.40. The molecule has 3 nitrogen and oxygen atoms in total. The van der Waals surface area contributed by atoms with Crippen molar-refractivity contribution in [1.29, 1.82) is 0 Å². The highest BCUT2D eigenvalue weighted by Gasteiger charge is 2.36. The molecule has 3 heteroatoms. The van der Waals surface area contributed by atoms with E-state index >= 15 is 0 Å². The predicted octanol–water partition coefficient (Wildman–Crippen LogP) is 5.97. The molecule has 29 heavy (non-hydrogen) atoms. The van der Waals surface area contributed by atoms with Crippen LogP contribution in [-0.4, -0.2) is 18.9 Å². The van der Waals surface area contributed by atoms with Gasteiger partial charge in [-0.25, -0.2) is 0 Å². The van der Waals surface area contributed by atoms with Crippen LogP contribution in [0.15, 0.2) is 66.2 Å². The molecule has 1 N–H and O–H groups in total. The number of nitrogens with one attached hydrogen (secondary N) is 1. The van der Waals surface area contributed by atoms with Gasteiger partial charge in [0.2, 0.25) is 0 Å². The fraction of sp³-hybridized carbons (Fsp3) is 0.269. The smallest absolute Gasteiger partial charge is 0.161 e. The maximum Gasteiger partial charge on any atom is 0.161 e. The molecule has 1 heterocycles. The van der Waals surface area contributed by atoms with Crippen molar-refractivity contribution in [3.63, 3.8) is 0 Å². The second-order valence-corrected chi connectivity index (χ2v) is 7.87. The van der Waals surface area contributed by atoms with Crippen molar-refractivity contribution in [3.05, 3.63) is 77.4 Å². The minimum atomic E-state index is -0.0700. The Balaban J connectivity index is 1.62. The summed E-state index contributed by atoms with van der Waals surface area (Å²) in [5.41, 5.74) is 6.94. The fourth-order valence-electron chi connectivity index (χ4n) is 4.93. The Bertz CT molecular complexity index is 1120. The number of ketones is 1. The van der Waals surface area contributed by atoms with E-state index in [4.69, 9.17) is 0 Å². The van der Waals surface area contributed by atoms with E-state index in [2.05, 4.69) is 84.7 Å². The van der Waals surface area contributed by atoms with Gasteiger partial charge in [0.1, 0.15) is 0 Å². The lowest BCUT2D eigenvalue weighted by atomic mass is 9.85. The number of Topliss-reactive ketones (excluding diaryl/α,β-unsaturated/α-hetero) is 1. The first-order valence-corrected chi connectivity index (χ1v) is 10.6. The fourth-order valence-corrected chi connectivity index (χ4v) is 4.93. The number of nitrogens with zero attached hydrogens (tertiary/aromatic N) is 1. The third kappa shape index (κ3) is 2.84. The molecule has 0 aromatic heterocycles. The van der Waals surface area contributed by atoms with Crippen molar-refractivity contribution >= 4 is 33.5 Å². The number of anilines is 2. The molecule has 5 rings (SSSR count). The summed E-state index contributed by atoms with van der Waals surface area (Å²) in [4.78, 5) is 15.2. The summed E-state index contributed by atoms with van der Waals surface area (Å²) < 4.78 is 0. The molecular formula is C26H26N2O. The number of rotatable bonds is 4. The Hall–Kier alpha value is -3.07. The van der Waals surface area contributed by atoms with Crippen LogP contribution in [-0.2, 0) is 4.79 Å². The Kier molecular flexibility index (Phi) is 4.39. The van der Waals surface area contributed by atoms with E-state index < -0.39 is 0 Å². The number of benzene rings is 3. The molecule has 0 radical (unpaired) electrons. The van der Waals surface area contributed by atoms with Crippen LogP contribution >= 0.6 is 0 Å². The lowest BCUT2D eigenvalue weighted by Crippen LogP contribution is -2.23. The molecular weight excluding hydrogens is 356 g/mol. The van der Waals surface area contributed by atoms with Crippen LogP contribution in [0.4, 0.5) is 11.4 Å². The van der Waals surface area contributed by atoms with E-state index in [1.54, 1.807) is 0 Å². The summed E-state index contributed by atoms with van der Waals surface area (Å²) in [6.07, 6.45) is 1.45. The number of carbonyl (C=O) groups is 1. The Morgan fingerprint density at radius 3 is 2.45 bits per heavy atom. The van der Waals surface area contributed by atoms with Crippen LogP contribution in [0.3, 0.4) is 0 Å². The minimum absolute atomic E-state index is 0.0700. The van der Waals surface area contributed by atoms with Crippen molar-refractivity contribution in [3.8, 4) is 0 Å². The highest BCUT2D eigenvalue weighted by Crippen LogP contribution is 2.48. The number of hydrogen-bond acceptors (Lipinski definition) is 3. The van der Waals surface area contributed by atoms with Crippen LogP contribution < -0.4 is 10.2 Å². The molecule has 1 atom stereocenters. The Morgan fingerprint density at radius 2 is 1.69 bits per heavy atom. The quantitative estimate of drug-likeness (QED) is 0.603. The van der Waals surface area contributed by atoms with Crippen LogP contribution in [0, 0.1) is 0 Å². The van der Waals surface area contributed by atoms with Gasteiger partial charge in [-0.2, -0.15) is 0 Å². The summed E-state index contributed by atoms with van der Waals surface area (Å²) in [6.45, 7) is 6.34. The maximum absolute atomic E-state index is 12.9. The highest BCUT2D eigenvalue weighted by molar-refractivity contribution is 6.14. The van der Waals surface area contributed by atoms with Gasteiger partial charge in [0.25, 0.3) is 0 Å². The summed E-state index contributed by atoms with van der Waals surface area (Å²) >= 11 is 0. The number of hydrogen-bond donors (Lipinski definition) is 1. The molecule has 1 aliphatic carbocycles. The van der Waals surface area contributed by atoms with E-state index in [1.807, 2.05) is 0 Å². The molecule has 0 unspecified atom stereocenters. The van der Waals surface area contributed by atoms with Gasteiger partial charge >= 0.3 is 0 Å². The Labute approximate surface area is 172 Å². The van der Waals surface area contributed by atoms with E-state index in [-0.39, 0.29) is 11.8 Å². The molecule has 0 bridgehead atoms. The average Bonchev–Trinajstić information content (AvgIpc) is 3.16. The zero-order valence-corrected chi connectivity index (χ0v) is 17.0. The standard InChI is InChI=1S/C26H26N2O/c1-3-28(4-2)19-12-9-18(10-13-19)26-25-21(14-16-23(25)29)24-20-8-6-5-7-17(20)11-15-22(24)27-26/h5-13,15,26-27H,3-4,14,16H2,1-2H3/t26-/m1/s1. The molecule has 2 aliphatic rings. The van der Waals surface area contributed by atoms with Crippen LogP contribution in [0.25, 0.3) is 16.3 Å². The lowest BCUT2D eigenvalue weighted by Gasteiger charge is -2.30. The normalized spacial score (nSPS) is 17.9. The van der Waals surface area contributed by atoms with Crippen molar-refractivity contribution < 1.29 is 4.79 Å². The molecule has 0 spiro atoms. The zero-order chi connectivity index (χ0) is 20.0. The third-order valence-electron chi connectivity index (χ3n) is 6.40. The number of carbonyl (C=O) groups excluding carboxylic acids is 1. The van der Waals surface area contributed by atoms with Crippen LogP contribution in [0.1, 0.15) is 43.9 Å². The van der Waals surface area contributed by atoms with Gasteiger partial charge in [-0.15, -0.1) is 0 Å². The SMILES string of the molecule is CCN(CC)c1ccc([C@H]2Nc3ccc4ccccc4c3C3=C2C(=O)CC3)cc1. The van der Waals surface area contributed by atoms with Gasteiger partial charge in [-0.3, -0.25) is 4.79 Å². The van der Waals surface area contributed by atoms with Gasteiger partial charge in [-0.05, 0) is 60.4 Å². The first-order chi connectivity index (χ1) is 14.2. The lowest BCUT2D eigenvalue weighted by molar-refractivity contribution is -0.115.